The molecule has 0 fully saturated rings. The monoisotopic (exact) mass is 247 g/mol. The molecular formula is C13H14FN3O. The minimum Gasteiger partial charge on any atom is -0.367 e. The molecule has 0 spiro atoms. The van der Waals surface area contributed by atoms with Crippen molar-refractivity contribution in [1.82, 2.24) is 9.55 Å². The van der Waals surface area contributed by atoms with E-state index in [1.54, 1.807) is 12.3 Å². The summed E-state index contributed by atoms with van der Waals surface area (Å²) in [6.07, 6.45) is 4.23. The molecule has 2 aromatic rings. The fourth-order valence-electron chi connectivity index (χ4n) is 1.81. The third-order valence-corrected chi connectivity index (χ3v) is 2.83. The third-order valence-electron chi connectivity index (χ3n) is 2.83. The summed E-state index contributed by atoms with van der Waals surface area (Å²) in [5.74, 6) is 0.463. The molecule has 1 heterocycles. The van der Waals surface area contributed by atoms with Crippen LogP contribution in [-0.4, -0.2) is 22.9 Å². The van der Waals surface area contributed by atoms with Gasteiger partial charge in [0.05, 0.1) is 6.54 Å². The van der Waals surface area contributed by atoms with Crippen LogP contribution >= 0.6 is 0 Å². The Morgan fingerprint density at radius 1 is 1.50 bits per heavy atom. The number of aromatic nitrogens is 2. The molecule has 0 amide bonds. The van der Waals surface area contributed by atoms with Gasteiger partial charge >= 0.3 is 0 Å². The van der Waals surface area contributed by atoms with E-state index in [2.05, 4.69) is 4.98 Å². The van der Waals surface area contributed by atoms with Crippen molar-refractivity contribution in [3.8, 4) is 0 Å². The van der Waals surface area contributed by atoms with Gasteiger partial charge in [0.1, 0.15) is 11.6 Å². The average molecular weight is 247 g/mol. The van der Waals surface area contributed by atoms with E-state index in [0.29, 0.717) is 24.1 Å². The number of rotatable bonds is 4. The van der Waals surface area contributed by atoms with Crippen LogP contribution < -0.4 is 4.90 Å². The summed E-state index contributed by atoms with van der Waals surface area (Å²) in [5, 5.41) is 0. The summed E-state index contributed by atoms with van der Waals surface area (Å²) in [6, 6.07) is 4.18. The Morgan fingerprint density at radius 2 is 2.28 bits per heavy atom. The second kappa shape index (κ2) is 5.00. The smallest absolute Gasteiger partial charge is 0.152 e. The molecule has 0 unspecified atom stereocenters. The topological polar surface area (TPSA) is 38.1 Å². The van der Waals surface area contributed by atoms with Crippen molar-refractivity contribution in [1.29, 1.82) is 0 Å². The maximum absolute atomic E-state index is 13.0. The highest BCUT2D eigenvalue weighted by Gasteiger charge is 2.10. The van der Waals surface area contributed by atoms with Gasteiger partial charge in [-0.15, -0.1) is 0 Å². The molecule has 0 aliphatic heterocycles. The van der Waals surface area contributed by atoms with E-state index in [9.17, 15) is 9.18 Å². The fourth-order valence-corrected chi connectivity index (χ4v) is 1.81. The van der Waals surface area contributed by atoms with Gasteiger partial charge in [-0.25, -0.2) is 9.37 Å². The minimum atomic E-state index is -0.411. The van der Waals surface area contributed by atoms with Crippen LogP contribution in [0.25, 0.3) is 0 Å². The molecule has 1 aromatic carbocycles. The first-order valence-electron chi connectivity index (χ1n) is 5.54. The van der Waals surface area contributed by atoms with Crippen LogP contribution in [0.5, 0.6) is 0 Å². The number of hydrogen-bond acceptors (Lipinski definition) is 3. The van der Waals surface area contributed by atoms with Crippen molar-refractivity contribution in [2.24, 2.45) is 7.05 Å². The number of nitrogens with zero attached hydrogens (tertiary/aromatic N) is 3. The van der Waals surface area contributed by atoms with Crippen molar-refractivity contribution >= 4 is 12.0 Å². The second-order valence-electron chi connectivity index (χ2n) is 4.13. The Bertz CT molecular complexity index is 565. The molecule has 18 heavy (non-hydrogen) atoms. The Hall–Kier alpha value is -2.17. The Morgan fingerprint density at radius 3 is 2.89 bits per heavy atom. The molecule has 0 radical (unpaired) electrons. The zero-order chi connectivity index (χ0) is 13.1. The Labute approximate surface area is 105 Å². The minimum absolute atomic E-state index is 0.340. The first-order chi connectivity index (χ1) is 8.61. The van der Waals surface area contributed by atoms with Crippen LogP contribution in [0.1, 0.15) is 16.2 Å². The van der Waals surface area contributed by atoms with Gasteiger partial charge in [0.15, 0.2) is 6.29 Å². The molecule has 5 heteroatoms. The highest BCUT2D eigenvalue weighted by Crippen LogP contribution is 2.20. The molecule has 0 aliphatic carbocycles. The van der Waals surface area contributed by atoms with Gasteiger partial charge in [-0.3, -0.25) is 4.79 Å². The van der Waals surface area contributed by atoms with E-state index in [0.717, 1.165) is 5.82 Å². The summed E-state index contributed by atoms with van der Waals surface area (Å²) >= 11 is 0. The molecule has 4 nitrogen and oxygen atoms in total. The first kappa shape index (κ1) is 12.3. The van der Waals surface area contributed by atoms with Crippen LogP contribution in [0, 0.1) is 5.82 Å². The Kier molecular flexibility index (Phi) is 3.41. The van der Waals surface area contributed by atoms with E-state index in [1.165, 1.54) is 12.1 Å². The summed E-state index contributed by atoms with van der Waals surface area (Å²) in [6.45, 7) is 0.552. The van der Waals surface area contributed by atoms with Gasteiger partial charge in [0.25, 0.3) is 0 Å². The van der Waals surface area contributed by atoms with Crippen molar-refractivity contribution in [3.63, 3.8) is 0 Å². The quantitative estimate of drug-likeness (QED) is 0.776. The van der Waals surface area contributed by atoms with Gasteiger partial charge in [-0.1, -0.05) is 0 Å². The molecule has 94 valence electrons. The van der Waals surface area contributed by atoms with Crippen molar-refractivity contribution in [2.45, 2.75) is 6.54 Å². The highest BCUT2D eigenvalue weighted by atomic mass is 19.1. The van der Waals surface area contributed by atoms with Gasteiger partial charge in [-0.2, -0.15) is 0 Å². The number of aldehydes is 1. The average Bonchev–Trinajstić information content (AvgIpc) is 2.74. The van der Waals surface area contributed by atoms with Gasteiger partial charge < -0.3 is 9.47 Å². The van der Waals surface area contributed by atoms with Crippen LogP contribution in [-0.2, 0) is 13.6 Å². The molecule has 0 atom stereocenters. The number of carbonyl (C=O) groups is 1. The molecule has 0 bridgehead atoms. The molecule has 1 aromatic heterocycles. The zero-order valence-electron chi connectivity index (χ0n) is 10.3. The molecule has 0 saturated heterocycles. The lowest BCUT2D eigenvalue weighted by Gasteiger charge is -2.20. The lowest BCUT2D eigenvalue weighted by molar-refractivity contribution is 0.112. The third kappa shape index (κ3) is 2.40. The van der Waals surface area contributed by atoms with Crippen molar-refractivity contribution < 1.29 is 9.18 Å². The van der Waals surface area contributed by atoms with Crippen LogP contribution in [0.3, 0.4) is 0 Å². The number of carbonyl (C=O) groups excluding carboxylic acids is 1. The first-order valence-corrected chi connectivity index (χ1v) is 5.54. The number of hydrogen-bond donors (Lipinski definition) is 0. The summed E-state index contributed by atoms with van der Waals surface area (Å²) in [7, 11) is 3.75. The van der Waals surface area contributed by atoms with E-state index in [1.807, 2.05) is 29.8 Å². The second-order valence-corrected chi connectivity index (χ2v) is 4.13. The van der Waals surface area contributed by atoms with E-state index in [4.69, 9.17) is 0 Å². The standard InChI is InChI=1S/C13H14FN3O/c1-16-6-5-15-13(16)8-17(2)12-4-3-11(14)7-10(12)9-18/h3-7,9H,8H2,1-2H3. The maximum atomic E-state index is 13.0. The summed E-state index contributed by atoms with van der Waals surface area (Å²) < 4.78 is 14.9. The molecule has 2 rings (SSSR count). The normalized spacial score (nSPS) is 10.4. The Balaban J connectivity index is 2.26. The largest absolute Gasteiger partial charge is 0.367 e. The number of imidazole rings is 1. The SMILES string of the molecule is CN(Cc1nccn1C)c1ccc(F)cc1C=O. The highest BCUT2D eigenvalue weighted by molar-refractivity contribution is 5.84. The van der Waals surface area contributed by atoms with E-state index < -0.39 is 5.82 Å². The fraction of sp³-hybridized carbons (Fsp3) is 0.231. The predicted molar refractivity (Wildman–Crippen MR) is 67.1 cm³/mol. The number of anilines is 1. The van der Waals surface area contributed by atoms with Crippen molar-refractivity contribution in [2.75, 3.05) is 11.9 Å². The maximum Gasteiger partial charge on any atom is 0.152 e. The van der Waals surface area contributed by atoms with Crippen molar-refractivity contribution in [3.05, 3.63) is 47.8 Å². The number of benzene rings is 1. The molecule has 0 aliphatic rings. The van der Waals surface area contributed by atoms with Gasteiger partial charge in [0.2, 0.25) is 0 Å². The zero-order valence-corrected chi connectivity index (χ0v) is 10.3. The number of halogens is 1. The molecular weight excluding hydrogens is 233 g/mol. The van der Waals surface area contributed by atoms with E-state index >= 15 is 0 Å². The lowest BCUT2D eigenvalue weighted by Crippen LogP contribution is -2.20. The number of aryl methyl sites for hydroxylation is 1. The van der Waals surface area contributed by atoms with Gasteiger partial charge in [0, 0.05) is 37.7 Å². The van der Waals surface area contributed by atoms with E-state index in [-0.39, 0.29) is 0 Å². The summed E-state index contributed by atoms with van der Waals surface area (Å²) in [5.41, 5.74) is 1.03. The summed E-state index contributed by atoms with van der Waals surface area (Å²) in [4.78, 5) is 17.0. The lowest BCUT2D eigenvalue weighted by atomic mass is 10.1. The van der Waals surface area contributed by atoms with Crippen LogP contribution in [0.4, 0.5) is 10.1 Å². The van der Waals surface area contributed by atoms with Crippen LogP contribution in [0.2, 0.25) is 0 Å². The van der Waals surface area contributed by atoms with Gasteiger partial charge in [-0.05, 0) is 18.2 Å². The molecule has 0 saturated carbocycles. The predicted octanol–water partition coefficient (Wildman–Crippen LogP) is 2.01. The molecule has 0 N–H and O–H groups in total. The van der Waals surface area contributed by atoms with Crippen LogP contribution in [0.15, 0.2) is 30.6 Å².